The highest BCUT2D eigenvalue weighted by Gasteiger charge is 2.29. The number of carboxylic acid groups (broad SMARTS) is 1. The molecule has 1 heterocycles. The van der Waals surface area contributed by atoms with Crippen LogP contribution in [0.4, 0.5) is 4.79 Å². The van der Waals surface area contributed by atoms with Crippen LogP contribution in [0, 0.1) is 0 Å². The lowest BCUT2D eigenvalue weighted by molar-refractivity contribution is -0.135. The Balaban J connectivity index is 2.18. The highest BCUT2D eigenvalue weighted by Crippen LogP contribution is 2.36. The number of nitrogens with one attached hydrogen (secondary N) is 2. The van der Waals surface area contributed by atoms with Gasteiger partial charge in [0.2, 0.25) is 0 Å². The van der Waals surface area contributed by atoms with Crippen LogP contribution in [0.5, 0.6) is 0 Å². The van der Waals surface area contributed by atoms with E-state index in [0.29, 0.717) is 6.54 Å². The van der Waals surface area contributed by atoms with Gasteiger partial charge in [-0.05, 0) is 25.5 Å². The number of hydrogen-bond acceptors (Lipinski definition) is 3. The molecule has 6 heteroatoms. The van der Waals surface area contributed by atoms with Crippen LogP contribution in [0.2, 0.25) is 0 Å². The minimum absolute atomic E-state index is 0.112. The van der Waals surface area contributed by atoms with Gasteiger partial charge < -0.3 is 15.7 Å². The molecule has 1 rings (SSSR count). The maximum absolute atomic E-state index is 11.2. The first kappa shape index (κ1) is 12.2. The van der Waals surface area contributed by atoms with Gasteiger partial charge in [-0.15, -0.1) is 0 Å². The van der Waals surface area contributed by atoms with Gasteiger partial charge in [0, 0.05) is 11.3 Å². The van der Waals surface area contributed by atoms with E-state index in [9.17, 15) is 9.59 Å². The van der Waals surface area contributed by atoms with Crippen molar-refractivity contribution in [3.8, 4) is 0 Å². The molecule has 1 unspecified atom stereocenters. The van der Waals surface area contributed by atoms with E-state index in [1.54, 1.807) is 0 Å². The zero-order valence-electron chi connectivity index (χ0n) is 8.71. The van der Waals surface area contributed by atoms with Crippen LogP contribution in [0.1, 0.15) is 19.8 Å². The number of thioether (sulfide) groups is 1. The van der Waals surface area contributed by atoms with Crippen molar-refractivity contribution < 1.29 is 14.7 Å². The topological polar surface area (TPSA) is 78.4 Å². The SMILES string of the molecule is CC1(CNC(=O)NCC(=O)O)CCCS1. The molecule has 3 N–H and O–H groups in total. The summed E-state index contributed by atoms with van der Waals surface area (Å²) in [5.41, 5.74) is 0. The summed E-state index contributed by atoms with van der Waals surface area (Å²) in [6.07, 6.45) is 2.27. The normalized spacial score (nSPS) is 24.9. The Morgan fingerprint density at radius 2 is 2.20 bits per heavy atom. The summed E-state index contributed by atoms with van der Waals surface area (Å²) in [6.45, 7) is 2.36. The quantitative estimate of drug-likeness (QED) is 0.665. The summed E-state index contributed by atoms with van der Waals surface area (Å²) >= 11 is 1.85. The summed E-state index contributed by atoms with van der Waals surface area (Å²) < 4.78 is 0.112. The van der Waals surface area contributed by atoms with Gasteiger partial charge in [0.05, 0.1) is 0 Å². The molecule has 1 fully saturated rings. The second-order valence-electron chi connectivity index (χ2n) is 3.83. The highest BCUT2D eigenvalue weighted by atomic mass is 32.2. The monoisotopic (exact) mass is 232 g/mol. The van der Waals surface area contributed by atoms with Crippen LogP contribution in [-0.4, -0.2) is 40.7 Å². The van der Waals surface area contributed by atoms with Gasteiger partial charge in [-0.25, -0.2) is 4.79 Å². The van der Waals surface area contributed by atoms with Crippen molar-refractivity contribution in [2.45, 2.75) is 24.5 Å². The molecular weight excluding hydrogens is 216 g/mol. The van der Waals surface area contributed by atoms with Crippen molar-refractivity contribution in [2.75, 3.05) is 18.8 Å². The third-order valence-electron chi connectivity index (χ3n) is 2.32. The number of urea groups is 1. The molecule has 0 saturated carbocycles. The fourth-order valence-corrected chi connectivity index (χ4v) is 2.71. The molecule has 0 bridgehead atoms. The lowest BCUT2D eigenvalue weighted by Gasteiger charge is -2.22. The van der Waals surface area contributed by atoms with Gasteiger partial charge in [-0.1, -0.05) is 0 Å². The fourth-order valence-electron chi connectivity index (χ4n) is 1.46. The molecule has 15 heavy (non-hydrogen) atoms. The van der Waals surface area contributed by atoms with E-state index in [4.69, 9.17) is 5.11 Å². The summed E-state index contributed by atoms with van der Waals surface area (Å²) in [5, 5.41) is 13.3. The highest BCUT2D eigenvalue weighted by molar-refractivity contribution is 8.00. The van der Waals surface area contributed by atoms with Crippen LogP contribution < -0.4 is 10.6 Å². The summed E-state index contributed by atoms with van der Waals surface area (Å²) in [7, 11) is 0. The van der Waals surface area contributed by atoms with Crippen molar-refractivity contribution in [1.29, 1.82) is 0 Å². The standard InChI is InChI=1S/C9H16N2O3S/c1-9(3-2-4-15-9)6-11-8(14)10-5-7(12)13/h2-6H2,1H3,(H,12,13)(H2,10,11,14). The van der Waals surface area contributed by atoms with E-state index in [2.05, 4.69) is 17.6 Å². The van der Waals surface area contributed by atoms with Gasteiger partial charge in [-0.2, -0.15) is 11.8 Å². The molecule has 1 atom stereocenters. The van der Waals surface area contributed by atoms with Gasteiger partial charge in [0.1, 0.15) is 6.54 Å². The second-order valence-corrected chi connectivity index (χ2v) is 5.51. The Morgan fingerprint density at radius 3 is 2.73 bits per heavy atom. The van der Waals surface area contributed by atoms with Crippen LogP contribution in [0.3, 0.4) is 0 Å². The van der Waals surface area contributed by atoms with Crippen molar-refractivity contribution in [1.82, 2.24) is 10.6 Å². The number of hydrogen-bond donors (Lipinski definition) is 3. The van der Waals surface area contributed by atoms with Gasteiger partial charge in [-0.3, -0.25) is 4.79 Å². The lowest BCUT2D eigenvalue weighted by atomic mass is 10.1. The van der Waals surface area contributed by atoms with Crippen molar-refractivity contribution in [2.24, 2.45) is 0 Å². The Kier molecular flexibility index (Phi) is 4.26. The van der Waals surface area contributed by atoms with Crippen molar-refractivity contribution >= 4 is 23.8 Å². The summed E-state index contributed by atoms with van der Waals surface area (Å²) in [5.74, 6) is 0.0983. The molecule has 0 aromatic rings. The number of amides is 2. The summed E-state index contributed by atoms with van der Waals surface area (Å²) in [4.78, 5) is 21.3. The molecule has 2 amide bonds. The van der Waals surface area contributed by atoms with Crippen LogP contribution in [0.15, 0.2) is 0 Å². The number of carboxylic acids is 1. The molecule has 86 valence electrons. The molecular formula is C9H16N2O3S. The number of rotatable bonds is 4. The van der Waals surface area contributed by atoms with Crippen LogP contribution >= 0.6 is 11.8 Å². The van der Waals surface area contributed by atoms with E-state index in [1.165, 1.54) is 6.42 Å². The minimum Gasteiger partial charge on any atom is -0.480 e. The predicted octanol–water partition coefficient (Wildman–Crippen LogP) is 0.656. The van der Waals surface area contributed by atoms with Crippen molar-refractivity contribution in [3.63, 3.8) is 0 Å². The van der Waals surface area contributed by atoms with E-state index < -0.39 is 12.0 Å². The van der Waals surface area contributed by atoms with E-state index in [1.807, 2.05) is 11.8 Å². The van der Waals surface area contributed by atoms with Gasteiger partial charge in [0.25, 0.3) is 0 Å². The van der Waals surface area contributed by atoms with E-state index >= 15 is 0 Å². The number of carbonyl (C=O) groups excluding carboxylic acids is 1. The lowest BCUT2D eigenvalue weighted by Crippen LogP contribution is -2.43. The third kappa shape index (κ3) is 4.42. The average Bonchev–Trinajstić information content (AvgIpc) is 2.60. The van der Waals surface area contributed by atoms with Gasteiger partial charge in [0.15, 0.2) is 0 Å². The second kappa shape index (κ2) is 5.25. The van der Waals surface area contributed by atoms with Gasteiger partial charge >= 0.3 is 12.0 Å². The molecule has 1 saturated heterocycles. The largest absolute Gasteiger partial charge is 0.480 e. The number of carbonyl (C=O) groups is 2. The third-order valence-corrected chi connectivity index (χ3v) is 3.86. The molecule has 0 aliphatic carbocycles. The molecule has 0 aromatic heterocycles. The van der Waals surface area contributed by atoms with Crippen molar-refractivity contribution in [3.05, 3.63) is 0 Å². The minimum atomic E-state index is -1.04. The average molecular weight is 232 g/mol. The Hall–Kier alpha value is -0.910. The smallest absolute Gasteiger partial charge is 0.323 e. The molecule has 0 aromatic carbocycles. The molecule has 1 aliphatic heterocycles. The molecule has 0 spiro atoms. The first-order valence-corrected chi connectivity index (χ1v) is 5.88. The zero-order valence-corrected chi connectivity index (χ0v) is 9.52. The Bertz CT molecular complexity index is 252. The Morgan fingerprint density at radius 1 is 1.47 bits per heavy atom. The van der Waals surface area contributed by atoms with Crippen LogP contribution in [-0.2, 0) is 4.79 Å². The van der Waals surface area contributed by atoms with Crippen LogP contribution in [0.25, 0.3) is 0 Å². The maximum Gasteiger partial charge on any atom is 0.323 e. The first-order chi connectivity index (χ1) is 7.02. The maximum atomic E-state index is 11.2. The first-order valence-electron chi connectivity index (χ1n) is 4.89. The zero-order chi connectivity index (χ0) is 11.3. The predicted molar refractivity (Wildman–Crippen MR) is 59.1 cm³/mol. The molecule has 0 radical (unpaired) electrons. The molecule has 5 nitrogen and oxygen atoms in total. The Labute approximate surface area is 93.0 Å². The van der Waals surface area contributed by atoms with E-state index in [0.717, 1.165) is 12.2 Å². The number of aliphatic carboxylic acids is 1. The van der Waals surface area contributed by atoms with E-state index in [-0.39, 0.29) is 11.3 Å². The summed E-state index contributed by atoms with van der Waals surface area (Å²) in [6, 6.07) is -0.411. The molecule has 1 aliphatic rings. The fraction of sp³-hybridized carbons (Fsp3) is 0.778.